The minimum Gasteiger partial charge on any atom is -0.480 e. The zero-order valence-corrected chi connectivity index (χ0v) is 8.07. The Balaban J connectivity index is 1.86. The van der Waals surface area contributed by atoms with Gasteiger partial charge in [0.25, 0.3) is 0 Å². The lowest BCUT2D eigenvalue weighted by molar-refractivity contribution is -0.140. The zero-order valence-electron chi connectivity index (χ0n) is 8.07. The molecular formula is C10H17NO2. The van der Waals surface area contributed by atoms with Gasteiger partial charge in [-0.2, -0.15) is 0 Å². The lowest BCUT2D eigenvalue weighted by Crippen LogP contribution is -2.47. The molecule has 0 aromatic heterocycles. The maximum Gasteiger partial charge on any atom is 0.317 e. The van der Waals surface area contributed by atoms with Crippen LogP contribution >= 0.6 is 0 Å². The minimum atomic E-state index is -0.675. The van der Waals surface area contributed by atoms with Gasteiger partial charge < -0.3 is 5.11 Å². The summed E-state index contributed by atoms with van der Waals surface area (Å²) in [7, 11) is 0. The summed E-state index contributed by atoms with van der Waals surface area (Å²) >= 11 is 0. The first-order valence-electron chi connectivity index (χ1n) is 5.14. The lowest BCUT2D eigenvalue weighted by atomic mass is 9.80. The molecule has 74 valence electrons. The number of aliphatic carboxylic acids is 1. The van der Waals surface area contributed by atoms with Gasteiger partial charge in [-0.05, 0) is 31.6 Å². The third kappa shape index (κ3) is 2.02. The second kappa shape index (κ2) is 3.29. The summed E-state index contributed by atoms with van der Waals surface area (Å²) in [6, 6.07) is 1.16. The smallest absolute Gasteiger partial charge is 0.317 e. The van der Waals surface area contributed by atoms with Crippen LogP contribution in [0.1, 0.15) is 32.6 Å². The molecule has 0 aromatic carbocycles. The molecule has 13 heavy (non-hydrogen) atoms. The first kappa shape index (κ1) is 9.00. The highest BCUT2D eigenvalue weighted by Crippen LogP contribution is 2.37. The van der Waals surface area contributed by atoms with Crippen molar-refractivity contribution in [1.29, 1.82) is 0 Å². The summed E-state index contributed by atoms with van der Waals surface area (Å²) in [5.41, 5.74) is 0. The van der Waals surface area contributed by atoms with Crippen LogP contribution in [0.25, 0.3) is 0 Å². The fraction of sp³-hybridized carbons (Fsp3) is 0.900. The van der Waals surface area contributed by atoms with Crippen molar-refractivity contribution in [3.8, 4) is 0 Å². The van der Waals surface area contributed by atoms with Crippen LogP contribution in [-0.4, -0.2) is 34.6 Å². The first-order valence-corrected chi connectivity index (χ1v) is 5.14. The minimum absolute atomic E-state index is 0.252. The van der Waals surface area contributed by atoms with E-state index in [2.05, 4.69) is 11.8 Å². The van der Waals surface area contributed by atoms with Gasteiger partial charge in [0.15, 0.2) is 0 Å². The second-order valence-electron chi connectivity index (χ2n) is 4.53. The molecule has 0 spiro atoms. The van der Waals surface area contributed by atoms with Crippen molar-refractivity contribution in [3.63, 3.8) is 0 Å². The number of carboxylic acid groups (broad SMARTS) is 1. The van der Waals surface area contributed by atoms with Crippen molar-refractivity contribution >= 4 is 5.97 Å². The number of rotatable bonds is 4. The van der Waals surface area contributed by atoms with E-state index in [1.807, 2.05) is 0 Å². The van der Waals surface area contributed by atoms with Crippen LogP contribution in [0.3, 0.4) is 0 Å². The Bertz CT molecular complexity index is 207. The van der Waals surface area contributed by atoms with E-state index in [1.54, 1.807) is 0 Å². The van der Waals surface area contributed by atoms with E-state index in [9.17, 15) is 4.79 Å². The van der Waals surface area contributed by atoms with Crippen LogP contribution < -0.4 is 0 Å². The van der Waals surface area contributed by atoms with Crippen molar-refractivity contribution in [3.05, 3.63) is 0 Å². The molecule has 3 heteroatoms. The number of carbonyl (C=O) groups is 1. The Morgan fingerprint density at radius 1 is 1.38 bits per heavy atom. The molecule has 0 saturated heterocycles. The van der Waals surface area contributed by atoms with Crippen molar-refractivity contribution in [1.82, 2.24) is 4.90 Å². The summed E-state index contributed by atoms with van der Waals surface area (Å²) in [6.07, 6.45) is 4.81. The second-order valence-corrected chi connectivity index (χ2v) is 4.53. The topological polar surface area (TPSA) is 40.5 Å². The van der Waals surface area contributed by atoms with Crippen molar-refractivity contribution in [2.24, 2.45) is 5.92 Å². The Hall–Kier alpha value is -0.570. The number of carboxylic acids is 1. The van der Waals surface area contributed by atoms with E-state index in [1.165, 1.54) is 25.7 Å². The molecule has 0 aromatic rings. The largest absolute Gasteiger partial charge is 0.480 e. The fourth-order valence-corrected chi connectivity index (χ4v) is 2.25. The number of nitrogens with zero attached hydrogens (tertiary/aromatic N) is 1. The third-order valence-corrected chi connectivity index (χ3v) is 3.15. The van der Waals surface area contributed by atoms with Gasteiger partial charge in [0.1, 0.15) is 0 Å². The molecule has 2 rings (SSSR count). The number of hydrogen-bond acceptors (Lipinski definition) is 2. The highest BCUT2D eigenvalue weighted by Gasteiger charge is 2.39. The van der Waals surface area contributed by atoms with Crippen LogP contribution in [0, 0.1) is 5.92 Å². The predicted molar refractivity (Wildman–Crippen MR) is 49.5 cm³/mol. The van der Waals surface area contributed by atoms with Gasteiger partial charge in [0.05, 0.1) is 6.54 Å². The molecule has 0 radical (unpaired) electrons. The maximum absolute atomic E-state index is 10.6. The molecule has 3 nitrogen and oxygen atoms in total. The fourth-order valence-electron chi connectivity index (χ4n) is 2.25. The van der Waals surface area contributed by atoms with Crippen molar-refractivity contribution in [2.45, 2.75) is 44.7 Å². The van der Waals surface area contributed by atoms with Crippen molar-refractivity contribution in [2.75, 3.05) is 6.54 Å². The summed E-state index contributed by atoms with van der Waals surface area (Å²) in [5, 5.41) is 8.75. The average molecular weight is 183 g/mol. The first-order chi connectivity index (χ1) is 6.16. The quantitative estimate of drug-likeness (QED) is 0.715. The average Bonchev–Trinajstić information content (AvgIpc) is 2.76. The Labute approximate surface area is 78.7 Å². The van der Waals surface area contributed by atoms with E-state index in [-0.39, 0.29) is 6.54 Å². The standard InChI is InChI=1S/C10H17NO2/c1-7-4-9(5-7)11(6-10(12)13)8-2-3-8/h7-9H,2-6H2,1H3,(H,12,13). The molecule has 2 aliphatic carbocycles. The van der Waals surface area contributed by atoms with Gasteiger partial charge in [0, 0.05) is 12.1 Å². The van der Waals surface area contributed by atoms with Gasteiger partial charge in [-0.25, -0.2) is 0 Å². The molecule has 0 amide bonds. The highest BCUT2D eigenvalue weighted by molar-refractivity contribution is 5.69. The van der Waals surface area contributed by atoms with E-state index < -0.39 is 5.97 Å². The zero-order chi connectivity index (χ0) is 9.42. The molecule has 0 atom stereocenters. The van der Waals surface area contributed by atoms with Gasteiger partial charge in [-0.3, -0.25) is 9.69 Å². The van der Waals surface area contributed by atoms with Crippen LogP contribution in [0.2, 0.25) is 0 Å². The van der Waals surface area contributed by atoms with Crippen molar-refractivity contribution < 1.29 is 9.90 Å². The van der Waals surface area contributed by atoms with E-state index in [4.69, 9.17) is 5.11 Å². The van der Waals surface area contributed by atoms with Crippen LogP contribution in [0.15, 0.2) is 0 Å². The Morgan fingerprint density at radius 2 is 2.00 bits per heavy atom. The number of hydrogen-bond donors (Lipinski definition) is 1. The normalized spacial score (nSPS) is 33.1. The van der Waals surface area contributed by atoms with Gasteiger partial charge in [-0.15, -0.1) is 0 Å². The lowest BCUT2D eigenvalue weighted by Gasteiger charge is -2.41. The summed E-state index contributed by atoms with van der Waals surface area (Å²) in [4.78, 5) is 12.8. The van der Waals surface area contributed by atoms with Crippen LogP contribution in [-0.2, 0) is 4.79 Å². The van der Waals surface area contributed by atoms with Crippen LogP contribution in [0.4, 0.5) is 0 Å². The molecule has 2 fully saturated rings. The van der Waals surface area contributed by atoms with E-state index in [0.29, 0.717) is 12.1 Å². The van der Waals surface area contributed by atoms with Gasteiger partial charge in [-0.1, -0.05) is 6.92 Å². The van der Waals surface area contributed by atoms with E-state index in [0.717, 1.165) is 5.92 Å². The van der Waals surface area contributed by atoms with E-state index >= 15 is 0 Å². The highest BCUT2D eigenvalue weighted by atomic mass is 16.4. The molecule has 1 N–H and O–H groups in total. The van der Waals surface area contributed by atoms with Gasteiger partial charge in [0.2, 0.25) is 0 Å². The molecule has 2 aliphatic rings. The maximum atomic E-state index is 10.6. The van der Waals surface area contributed by atoms with Crippen LogP contribution in [0.5, 0.6) is 0 Å². The Morgan fingerprint density at radius 3 is 2.38 bits per heavy atom. The SMILES string of the molecule is CC1CC(N(CC(=O)O)C2CC2)C1. The summed E-state index contributed by atoms with van der Waals surface area (Å²) < 4.78 is 0. The molecule has 0 unspecified atom stereocenters. The molecule has 0 aliphatic heterocycles. The molecule has 0 bridgehead atoms. The van der Waals surface area contributed by atoms with Gasteiger partial charge >= 0.3 is 5.97 Å². The summed E-state index contributed by atoms with van der Waals surface area (Å²) in [6.45, 7) is 2.49. The summed E-state index contributed by atoms with van der Waals surface area (Å²) in [5.74, 6) is 0.131. The molecular weight excluding hydrogens is 166 g/mol. The Kier molecular flexibility index (Phi) is 2.28. The molecule has 0 heterocycles. The predicted octanol–water partition coefficient (Wildman–Crippen LogP) is 1.33. The third-order valence-electron chi connectivity index (χ3n) is 3.15. The monoisotopic (exact) mass is 183 g/mol. The molecule has 2 saturated carbocycles.